The fourth-order valence-corrected chi connectivity index (χ4v) is 3.49. The maximum atomic E-state index is 12.6. The number of hydrogen-bond acceptors (Lipinski definition) is 7. The summed E-state index contributed by atoms with van der Waals surface area (Å²) in [7, 11) is -3.77. The van der Waals surface area contributed by atoms with E-state index in [2.05, 4.69) is 16.0 Å². The molecule has 31 heavy (non-hydrogen) atoms. The molecule has 0 heterocycles. The van der Waals surface area contributed by atoms with E-state index in [1.807, 2.05) is 0 Å². The molecule has 1 aromatic rings. The number of primary sulfonamides is 1. The van der Waals surface area contributed by atoms with Crippen molar-refractivity contribution >= 4 is 27.7 Å². The van der Waals surface area contributed by atoms with E-state index in [0.717, 1.165) is 31.2 Å². The van der Waals surface area contributed by atoms with Crippen LogP contribution in [0.5, 0.6) is 0 Å². The van der Waals surface area contributed by atoms with Crippen molar-refractivity contribution in [2.24, 2.45) is 5.14 Å². The van der Waals surface area contributed by atoms with E-state index in [9.17, 15) is 22.8 Å². The molecule has 170 valence electrons. The van der Waals surface area contributed by atoms with Crippen LogP contribution in [0.4, 0.5) is 0 Å². The second kappa shape index (κ2) is 10.3. The highest BCUT2D eigenvalue weighted by Crippen LogP contribution is 2.18. The average Bonchev–Trinajstić information content (AvgIpc) is 3.62. The Balaban J connectivity index is 1.53. The Bertz CT molecular complexity index is 910. The molecular formula is C20H29N5O5S. The summed E-state index contributed by atoms with van der Waals surface area (Å²) in [4.78, 5) is 38.2. The van der Waals surface area contributed by atoms with Crippen LogP contribution in [0.1, 0.15) is 31.2 Å². The van der Waals surface area contributed by atoms with Crippen LogP contribution in [0.15, 0.2) is 29.2 Å². The third kappa shape index (κ3) is 8.37. The lowest BCUT2D eigenvalue weighted by Gasteiger charge is -2.22. The highest BCUT2D eigenvalue weighted by Gasteiger charge is 2.25. The number of nitrogens with one attached hydrogen (secondary N) is 3. The highest BCUT2D eigenvalue weighted by atomic mass is 32.2. The minimum atomic E-state index is -3.77. The molecule has 3 rings (SSSR count). The van der Waals surface area contributed by atoms with Crippen LogP contribution in [0.25, 0.3) is 0 Å². The van der Waals surface area contributed by atoms with Crippen molar-refractivity contribution in [1.29, 1.82) is 0 Å². The van der Waals surface area contributed by atoms with Gasteiger partial charge in [-0.25, -0.2) is 13.6 Å². The molecule has 2 saturated carbocycles. The molecule has 0 unspecified atom stereocenters. The fourth-order valence-electron chi connectivity index (χ4n) is 2.97. The van der Waals surface area contributed by atoms with Gasteiger partial charge in [-0.05, 0) is 49.8 Å². The number of hydrogen-bond donors (Lipinski definition) is 4. The van der Waals surface area contributed by atoms with E-state index in [-0.39, 0.29) is 37.0 Å². The number of carbonyl (C=O) groups is 3. The van der Waals surface area contributed by atoms with Crippen molar-refractivity contribution in [2.45, 2.75) is 49.1 Å². The molecule has 1 aromatic carbocycles. The summed E-state index contributed by atoms with van der Waals surface area (Å²) in [6.07, 6.45) is 4.56. The highest BCUT2D eigenvalue weighted by molar-refractivity contribution is 7.89. The van der Waals surface area contributed by atoms with Crippen LogP contribution in [-0.2, 0) is 30.8 Å². The molecule has 0 spiro atoms. The quantitative estimate of drug-likeness (QED) is 0.313. The lowest BCUT2D eigenvalue weighted by atomic mass is 10.1. The van der Waals surface area contributed by atoms with Crippen LogP contribution in [-0.4, -0.2) is 69.3 Å². The zero-order chi connectivity index (χ0) is 22.4. The zero-order valence-electron chi connectivity index (χ0n) is 17.3. The number of sulfonamides is 1. The minimum Gasteiger partial charge on any atom is -0.332 e. The Morgan fingerprint density at radius 3 is 2.06 bits per heavy atom. The summed E-state index contributed by atoms with van der Waals surface area (Å²) >= 11 is 0. The molecule has 0 saturated heterocycles. The number of nitrogens with two attached hydrogens (primary N) is 1. The Kier molecular flexibility index (Phi) is 7.76. The van der Waals surface area contributed by atoms with E-state index in [1.165, 1.54) is 17.0 Å². The van der Waals surface area contributed by atoms with Crippen molar-refractivity contribution in [1.82, 2.24) is 20.9 Å². The lowest BCUT2D eigenvalue weighted by molar-refractivity contribution is -0.137. The third-order valence-electron chi connectivity index (χ3n) is 5.14. The van der Waals surface area contributed by atoms with Crippen LogP contribution < -0.4 is 21.1 Å². The van der Waals surface area contributed by atoms with E-state index < -0.39 is 21.8 Å². The van der Waals surface area contributed by atoms with E-state index in [4.69, 9.17) is 5.14 Å². The number of nitrogens with zero attached hydrogens (tertiary/aromatic N) is 1. The maximum Gasteiger partial charge on any atom is 0.246 e. The summed E-state index contributed by atoms with van der Waals surface area (Å²) in [6, 6.07) is 6.76. The molecule has 2 fully saturated rings. The molecule has 0 atom stereocenters. The predicted molar refractivity (Wildman–Crippen MR) is 113 cm³/mol. The van der Waals surface area contributed by atoms with Crippen molar-refractivity contribution in [3.63, 3.8) is 0 Å². The molecule has 0 bridgehead atoms. The van der Waals surface area contributed by atoms with E-state index >= 15 is 0 Å². The van der Waals surface area contributed by atoms with Crippen molar-refractivity contribution in [3.05, 3.63) is 29.8 Å². The Morgan fingerprint density at radius 2 is 1.52 bits per heavy atom. The lowest BCUT2D eigenvalue weighted by Crippen LogP contribution is -2.47. The van der Waals surface area contributed by atoms with Gasteiger partial charge in [0.2, 0.25) is 27.7 Å². The van der Waals surface area contributed by atoms with Crippen LogP contribution >= 0.6 is 0 Å². The maximum absolute atomic E-state index is 12.6. The summed E-state index contributed by atoms with van der Waals surface area (Å²) < 4.78 is 22.7. The summed E-state index contributed by atoms with van der Waals surface area (Å²) in [6.45, 7) is 0.223. The number of benzene rings is 1. The van der Waals surface area contributed by atoms with Crippen LogP contribution in [0.2, 0.25) is 0 Å². The summed E-state index contributed by atoms with van der Waals surface area (Å²) in [5.74, 6) is -1.18. The monoisotopic (exact) mass is 451 g/mol. The first-order valence-corrected chi connectivity index (χ1v) is 11.9. The Hall–Kier alpha value is -2.34. The molecule has 3 amide bonds. The van der Waals surface area contributed by atoms with Crippen molar-refractivity contribution in [2.75, 3.05) is 26.2 Å². The first-order chi connectivity index (χ1) is 14.7. The Morgan fingerprint density at radius 1 is 0.935 bits per heavy atom. The predicted octanol–water partition coefficient (Wildman–Crippen LogP) is -1.15. The molecule has 0 radical (unpaired) electrons. The number of rotatable bonds is 12. The fraction of sp³-hybridized carbons (Fsp3) is 0.550. The molecule has 5 N–H and O–H groups in total. The molecule has 2 aliphatic carbocycles. The van der Waals surface area contributed by atoms with Gasteiger partial charge < -0.3 is 15.5 Å². The average molecular weight is 452 g/mol. The van der Waals surface area contributed by atoms with E-state index in [0.29, 0.717) is 18.5 Å². The van der Waals surface area contributed by atoms with Crippen LogP contribution in [0.3, 0.4) is 0 Å². The van der Waals surface area contributed by atoms with Crippen molar-refractivity contribution in [3.8, 4) is 0 Å². The van der Waals surface area contributed by atoms with Gasteiger partial charge in [-0.1, -0.05) is 12.1 Å². The first kappa shape index (κ1) is 23.3. The van der Waals surface area contributed by atoms with Gasteiger partial charge in [0.15, 0.2) is 0 Å². The molecule has 0 aromatic heterocycles. The molecule has 11 heteroatoms. The number of imide groups is 1. The molecular weight excluding hydrogens is 422 g/mol. The molecule has 2 aliphatic rings. The van der Waals surface area contributed by atoms with Gasteiger partial charge >= 0.3 is 0 Å². The largest absolute Gasteiger partial charge is 0.332 e. The number of amides is 3. The summed E-state index contributed by atoms with van der Waals surface area (Å²) in [5, 5.41) is 13.6. The second-order valence-corrected chi connectivity index (χ2v) is 9.60. The summed E-state index contributed by atoms with van der Waals surface area (Å²) in [5.41, 5.74) is 0.797. The van der Waals surface area contributed by atoms with Gasteiger partial charge in [0, 0.05) is 18.6 Å². The van der Waals surface area contributed by atoms with Crippen molar-refractivity contribution < 1.29 is 22.8 Å². The Labute approximate surface area is 182 Å². The molecule has 0 aliphatic heterocycles. The first-order valence-electron chi connectivity index (χ1n) is 10.4. The van der Waals surface area contributed by atoms with Gasteiger partial charge in [0.05, 0.1) is 24.5 Å². The van der Waals surface area contributed by atoms with E-state index in [1.54, 1.807) is 12.1 Å². The standard InChI is InChI=1S/C20H29N5O5S/c21-31(29,30)17-7-1-14(2-8-17)9-10-25(20(28)12-23-16-5-6-16)13-19(27)24-18(26)11-22-15-3-4-15/h1-2,7-8,15-16,22-23H,3-6,9-13H2,(H2,21,29,30)(H,24,26,27). The van der Waals surface area contributed by atoms with Gasteiger partial charge in [-0.15, -0.1) is 0 Å². The van der Waals surface area contributed by atoms with Gasteiger partial charge in [0.25, 0.3) is 0 Å². The van der Waals surface area contributed by atoms with Gasteiger partial charge in [0.1, 0.15) is 0 Å². The topological polar surface area (TPSA) is 151 Å². The second-order valence-electron chi connectivity index (χ2n) is 8.04. The SMILES string of the molecule is NS(=O)(=O)c1ccc(CCN(CC(=O)NC(=O)CNC2CC2)C(=O)CNC2CC2)cc1. The third-order valence-corrected chi connectivity index (χ3v) is 6.07. The van der Waals surface area contributed by atoms with Crippen LogP contribution in [0, 0.1) is 0 Å². The normalized spacial score (nSPS) is 16.0. The van der Waals surface area contributed by atoms with Gasteiger partial charge in [-0.3, -0.25) is 19.7 Å². The zero-order valence-corrected chi connectivity index (χ0v) is 18.1. The van der Waals surface area contributed by atoms with Gasteiger partial charge in [-0.2, -0.15) is 0 Å². The smallest absolute Gasteiger partial charge is 0.246 e. The number of carbonyl (C=O) groups excluding carboxylic acids is 3. The molecule has 10 nitrogen and oxygen atoms in total. The minimum absolute atomic E-state index is 0.00973.